The van der Waals surface area contributed by atoms with Gasteiger partial charge in [0.1, 0.15) is 0 Å². The van der Waals surface area contributed by atoms with Crippen LogP contribution in [0.15, 0.2) is 48.5 Å². The molecule has 6 heteroatoms. The molecule has 0 saturated heterocycles. The van der Waals surface area contributed by atoms with Crippen molar-refractivity contribution in [1.82, 2.24) is 15.3 Å². The Balaban J connectivity index is 1.27. The summed E-state index contributed by atoms with van der Waals surface area (Å²) < 4.78 is 0. The Morgan fingerprint density at radius 1 is 1.07 bits per heavy atom. The normalized spacial score (nSPS) is 19.7. The van der Waals surface area contributed by atoms with E-state index in [1.165, 1.54) is 0 Å². The number of carbonyl (C=O) groups excluding carboxylic acids is 1. The van der Waals surface area contributed by atoms with E-state index in [1.54, 1.807) is 0 Å². The molecule has 4 rings (SSSR count). The van der Waals surface area contributed by atoms with Gasteiger partial charge in [0.2, 0.25) is 11.9 Å². The molecule has 1 amide bonds. The highest BCUT2D eigenvalue weighted by atomic mass is 35.5. The second-order valence-electron chi connectivity index (χ2n) is 7.10. The first kappa shape index (κ1) is 17.9. The molecule has 27 heavy (non-hydrogen) atoms. The predicted molar refractivity (Wildman–Crippen MR) is 109 cm³/mol. The molecule has 1 saturated carbocycles. The van der Waals surface area contributed by atoms with Crippen molar-refractivity contribution in [2.45, 2.75) is 38.3 Å². The highest BCUT2D eigenvalue weighted by Gasteiger charge is 2.26. The van der Waals surface area contributed by atoms with Crippen LogP contribution >= 0.6 is 11.6 Å². The standard InChI is InChI=1S/C21H23ClN4O/c22-17-6-2-1-5-15(17)13-23-20(27)14-9-11-16(12-10-14)24-21-25-18-7-3-4-8-19(18)26-21/h1-8,14,16H,9-13H2,(H,23,27)(H2,24,25,26). The van der Waals surface area contributed by atoms with Gasteiger partial charge in [0.05, 0.1) is 11.0 Å². The monoisotopic (exact) mass is 382 g/mol. The highest BCUT2D eigenvalue weighted by molar-refractivity contribution is 6.31. The molecule has 0 radical (unpaired) electrons. The van der Waals surface area contributed by atoms with Crippen LogP contribution in [0.2, 0.25) is 5.02 Å². The maximum Gasteiger partial charge on any atom is 0.223 e. The number of fused-ring (bicyclic) bond motifs is 1. The maximum absolute atomic E-state index is 12.5. The first-order chi connectivity index (χ1) is 13.2. The number of aromatic amines is 1. The molecule has 1 heterocycles. The van der Waals surface area contributed by atoms with Crippen LogP contribution in [0.25, 0.3) is 11.0 Å². The Bertz CT molecular complexity index is 898. The van der Waals surface area contributed by atoms with E-state index < -0.39 is 0 Å². The van der Waals surface area contributed by atoms with Crippen LogP contribution in [0, 0.1) is 5.92 Å². The van der Waals surface area contributed by atoms with Crippen LogP contribution in [0.3, 0.4) is 0 Å². The zero-order valence-electron chi connectivity index (χ0n) is 15.0. The van der Waals surface area contributed by atoms with Crippen molar-refractivity contribution in [2.75, 3.05) is 5.32 Å². The Hall–Kier alpha value is -2.53. The summed E-state index contributed by atoms with van der Waals surface area (Å²) in [7, 11) is 0. The van der Waals surface area contributed by atoms with E-state index in [-0.39, 0.29) is 11.8 Å². The smallest absolute Gasteiger partial charge is 0.223 e. The lowest BCUT2D eigenvalue weighted by molar-refractivity contribution is -0.126. The Kier molecular flexibility index (Phi) is 5.30. The number of para-hydroxylation sites is 2. The largest absolute Gasteiger partial charge is 0.353 e. The van der Waals surface area contributed by atoms with Crippen LogP contribution < -0.4 is 10.6 Å². The number of hydrogen-bond donors (Lipinski definition) is 3. The molecule has 1 aromatic heterocycles. The zero-order chi connectivity index (χ0) is 18.6. The Morgan fingerprint density at radius 2 is 1.81 bits per heavy atom. The van der Waals surface area contributed by atoms with Crippen molar-refractivity contribution >= 4 is 34.5 Å². The minimum Gasteiger partial charge on any atom is -0.353 e. The molecule has 0 atom stereocenters. The van der Waals surface area contributed by atoms with Crippen molar-refractivity contribution in [2.24, 2.45) is 5.92 Å². The van der Waals surface area contributed by atoms with Crippen LogP contribution in [-0.2, 0) is 11.3 Å². The van der Waals surface area contributed by atoms with Gasteiger partial charge in [-0.3, -0.25) is 4.79 Å². The van der Waals surface area contributed by atoms with E-state index in [2.05, 4.69) is 20.6 Å². The third kappa shape index (κ3) is 4.25. The van der Waals surface area contributed by atoms with E-state index in [1.807, 2.05) is 48.5 Å². The number of benzene rings is 2. The summed E-state index contributed by atoms with van der Waals surface area (Å²) in [6.45, 7) is 0.482. The molecule has 0 aliphatic heterocycles. The quantitative estimate of drug-likeness (QED) is 0.608. The summed E-state index contributed by atoms with van der Waals surface area (Å²) in [5.74, 6) is 1.00. The number of aromatic nitrogens is 2. The van der Waals surface area contributed by atoms with Gasteiger partial charge in [-0.2, -0.15) is 0 Å². The number of carbonyl (C=O) groups is 1. The molecule has 1 aliphatic rings. The minimum atomic E-state index is 0.0706. The van der Waals surface area contributed by atoms with Gasteiger partial charge in [-0.15, -0.1) is 0 Å². The van der Waals surface area contributed by atoms with Gasteiger partial charge in [0.25, 0.3) is 0 Å². The van der Waals surface area contributed by atoms with E-state index in [0.717, 1.165) is 48.2 Å². The molecule has 2 aromatic carbocycles. The molecule has 3 aromatic rings. The van der Waals surface area contributed by atoms with E-state index >= 15 is 0 Å². The fraction of sp³-hybridized carbons (Fsp3) is 0.333. The van der Waals surface area contributed by atoms with Gasteiger partial charge in [0, 0.05) is 23.5 Å². The lowest BCUT2D eigenvalue weighted by Crippen LogP contribution is -2.35. The van der Waals surface area contributed by atoms with Crippen molar-refractivity contribution in [3.8, 4) is 0 Å². The fourth-order valence-corrected chi connectivity index (χ4v) is 3.89. The second-order valence-corrected chi connectivity index (χ2v) is 7.51. The summed E-state index contributed by atoms with van der Waals surface area (Å²) in [6, 6.07) is 16.0. The molecule has 3 N–H and O–H groups in total. The number of amides is 1. The molecule has 5 nitrogen and oxygen atoms in total. The molecule has 0 spiro atoms. The zero-order valence-corrected chi connectivity index (χ0v) is 15.8. The lowest BCUT2D eigenvalue weighted by Gasteiger charge is -2.28. The Labute approximate surface area is 163 Å². The van der Waals surface area contributed by atoms with Crippen molar-refractivity contribution in [1.29, 1.82) is 0 Å². The molecule has 1 aliphatic carbocycles. The molecular formula is C21H23ClN4O. The molecule has 140 valence electrons. The topological polar surface area (TPSA) is 69.8 Å². The number of nitrogens with zero attached hydrogens (tertiary/aromatic N) is 1. The number of rotatable bonds is 5. The van der Waals surface area contributed by atoms with Gasteiger partial charge in [-0.25, -0.2) is 4.98 Å². The van der Waals surface area contributed by atoms with Gasteiger partial charge in [-0.05, 0) is 49.4 Å². The van der Waals surface area contributed by atoms with Gasteiger partial charge >= 0.3 is 0 Å². The van der Waals surface area contributed by atoms with Crippen molar-refractivity contribution in [3.05, 3.63) is 59.1 Å². The Morgan fingerprint density at radius 3 is 2.59 bits per heavy atom. The number of halogens is 1. The summed E-state index contributed by atoms with van der Waals surface area (Å²) in [5, 5.41) is 7.20. The molecule has 0 unspecified atom stereocenters. The van der Waals surface area contributed by atoms with Gasteiger partial charge in [-0.1, -0.05) is 41.9 Å². The third-order valence-corrected chi connectivity index (χ3v) is 5.61. The second kappa shape index (κ2) is 8.01. The van der Waals surface area contributed by atoms with Crippen molar-refractivity contribution < 1.29 is 4.79 Å². The van der Waals surface area contributed by atoms with Gasteiger partial charge in [0.15, 0.2) is 0 Å². The van der Waals surface area contributed by atoms with Crippen LogP contribution in [0.4, 0.5) is 5.95 Å². The number of anilines is 1. The maximum atomic E-state index is 12.5. The fourth-order valence-electron chi connectivity index (χ4n) is 3.68. The highest BCUT2D eigenvalue weighted by Crippen LogP contribution is 2.27. The van der Waals surface area contributed by atoms with E-state index in [0.29, 0.717) is 17.6 Å². The molecule has 0 bridgehead atoms. The van der Waals surface area contributed by atoms with Gasteiger partial charge < -0.3 is 15.6 Å². The van der Waals surface area contributed by atoms with Crippen LogP contribution in [0.5, 0.6) is 0 Å². The summed E-state index contributed by atoms with van der Waals surface area (Å²) >= 11 is 6.15. The van der Waals surface area contributed by atoms with Crippen LogP contribution in [0.1, 0.15) is 31.2 Å². The van der Waals surface area contributed by atoms with Crippen molar-refractivity contribution in [3.63, 3.8) is 0 Å². The predicted octanol–water partition coefficient (Wildman–Crippen LogP) is 4.50. The van der Waals surface area contributed by atoms with E-state index in [4.69, 9.17) is 11.6 Å². The summed E-state index contributed by atoms with van der Waals surface area (Å²) in [6.07, 6.45) is 3.68. The minimum absolute atomic E-state index is 0.0706. The number of hydrogen-bond acceptors (Lipinski definition) is 3. The van der Waals surface area contributed by atoms with Crippen LogP contribution in [-0.4, -0.2) is 21.9 Å². The van der Waals surface area contributed by atoms with E-state index in [9.17, 15) is 4.79 Å². The lowest BCUT2D eigenvalue weighted by atomic mass is 9.85. The number of nitrogens with one attached hydrogen (secondary N) is 3. The molecular weight excluding hydrogens is 360 g/mol. The number of imidazole rings is 1. The SMILES string of the molecule is O=C(NCc1ccccc1Cl)C1CCC(Nc2nc3ccccc3[nH]2)CC1. The third-order valence-electron chi connectivity index (χ3n) is 5.24. The average Bonchev–Trinajstić information content (AvgIpc) is 3.10. The summed E-state index contributed by atoms with van der Waals surface area (Å²) in [4.78, 5) is 20.4. The first-order valence-corrected chi connectivity index (χ1v) is 9.79. The summed E-state index contributed by atoms with van der Waals surface area (Å²) in [5.41, 5.74) is 2.95. The average molecular weight is 383 g/mol. The number of H-pyrrole nitrogens is 1. The first-order valence-electron chi connectivity index (χ1n) is 9.41. The molecule has 1 fully saturated rings.